The number of imidazole rings is 1. The SMILES string of the molecule is Cc1nc2cc(Oc3ccc(F)cc3F)c(C3=CN(C)C(=O)C4=NC=CC34)cc2[nH]1. The van der Waals surface area contributed by atoms with Crippen LogP contribution in [0, 0.1) is 24.5 Å². The third-order valence-corrected chi connectivity index (χ3v) is 5.12. The number of hydrogen-bond donors (Lipinski definition) is 1. The summed E-state index contributed by atoms with van der Waals surface area (Å²) in [7, 11) is 1.65. The first kappa shape index (κ1) is 18.2. The third-order valence-electron chi connectivity index (χ3n) is 5.12. The van der Waals surface area contributed by atoms with E-state index in [0.717, 1.165) is 23.2 Å². The highest BCUT2D eigenvalue weighted by molar-refractivity contribution is 6.44. The summed E-state index contributed by atoms with van der Waals surface area (Å²) in [6.45, 7) is 1.83. The minimum atomic E-state index is -0.813. The number of ether oxygens (including phenoxy) is 1. The number of halogens is 2. The zero-order chi connectivity index (χ0) is 21.0. The van der Waals surface area contributed by atoms with E-state index in [4.69, 9.17) is 4.74 Å². The monoisotopic (exact) mass is 406 g/mol. The summed E-state index contributed by atoms with van der Waals surface area (Å²) in [5.41, 5.74) is 3.25. The fourth-order valence-electron chi connectivity index (χ4n) is 3.74. The van der Waals surface area contributed by atoms with Crippen LogP contribution >= 0.6 is 0 Å². The molecule has 2 aliphatic heterocycles. The van der Waals surface area contributed by atoms with Gasteiger partial charge in [-0.2, -0.15) is 0 Å². The topological polar surface area (TPSA) is 70.6 Å². The molecule has 6 nitrogen and oxygen atoms in total. The number of H-pyrrole nitrogens is 1. The molecule has 5 rings (SSSR count). The van der Waals surface area contributed by atoms with Crippen molar-refractivity contribution in [3.05, 3.63) is 71.8 Å². The number of nitrogens with zero attached hydrogens (tertiary/aromatic N) is 3. The maximum atomic E-state index is 14.3. The average molecular weight is 406 g/mol. The molecule has 0 saturated carbocycles. The fourth-order valence-corrected chi connectivity index (χ4v) is 3.74. The summed E-state index contributed by atoms with van der Waals surface area (Å²) in [6, 6.07) is 6.69. The first-order valence-corrected chi connectivity index (χ1v) is 9.27. The Morgan fingerprint density at radius 2 is 2.00 bits per heavy atom. The second-order valence-electron chi connectivity index (χ2n) is 7.20. The number of carbonyl (C=O) groups is 1. The number of aryl methyl sites for hydroxylation is 1. The average Bonchev–Trinajstić information content (AvgIpc) is 3.32. The number of rotatable bonds is 3. The molecule has 0 bridgehead atoms. The van der Waals surface area contributed by atoms with Gasteiger partial charge in [0.25, 0.3) is 5.91 Å². The van der Waals surface area contributed by atoms with E-state index in [-0.39, 0.29) is 17.6 Å². The first-order chi connectivity index (χ1) is 14.4. The predicted molar refractivity (Wildman–Crippen MR) is 108 cm³/mol. The van der Waals surface area contributed by atoms with Gasteiger partial charge in [-0.1, -0.05) is 6.08 Å². The van der Waals surface area contributed by atoms with Crippen LogP contribution in [0.4, 0.5) is 8.78 Å². The number of hydrogen-bond acceptors (Lipinski definition) is 4. The quantitative estimate of drug-likeness (QED) is 0.704. The molecule has 1 aromatic heterocycles. The molecular weight excluding hydrogens is 390 g/mol. The maximum Gasteiger partial charge on any atom is 0.272 e. The highest BCUT2D eigenvalue weighted by atomic mass is 19.1. The summed E-state index contributed by atoms with van der Waals surface area (Å²) in [5, 5.41) is 0. The Labute approximate surface area is 170 Å². The van der Waals surface area contributed by atoms with Crippen molar-refractivity contribution in [2.45, 2.75) is 6.92 Å². The smallest absolute Gasteiger partial charge is 0.272 e. The summed E-state index contributed by atoms with van der Waals surface area (Å²) in [4.78, 5) is 25.7. The van der Waals surface area contributed by atoms with Gasteiger partial charge in [0.05, 0.1) is 17.0 Å². The zero-order valence-electron chi connectivity index (χ0n) is 16.1. The van der Waals surface area contributed by atoms with Crippen LogP contribution in [0.1, 0.15) is 11.4 Å². The van der Waals surface area contributed by atoms with Gasteiger partial charge in [-0.15, -0.1) is 0 Å². The van der Waals surface area contributed by atoms with Gasteiger partial charge in [0.1, 0.15) is 23.1 Å². The van der Waals surface area contributed by atoms with E-state index in [2.05, 4.69) is 15.0 Å². The van der Waals surface area contributed by atoms with E-state index in [1.807, 2.05) is 19.1 Å². The number of fused-ring (bicyclic) bond motifs is 2. The van der Waals surface area contributed by atoms with Crippen LogP contribution in [-0.2, 0) is 4.79 Å². The molecule has 3 heterocycles. The lowest BCUT2D eigenvalue weighted by Gasteiger charge is -2.27. The molecule has 2 aromatic carbocycles. The third kappa shape index (κ3) is 2.88. The number of allylic oxidation sites excluding steroid dienone is 2. The van der Waals surface area contributed by atoms with Gasteiger partial charge >= 0.3 is 0 Å². The second kappa shape index (κ2) is 6.62. The van der Waals surface area contributed by atoms with E-state index in [0.29, 0.717) is 28.4 Å². The van der Waals surface area contributed by atoms with Crippen LogP contribution in [0.3, 0.4) is 0 Å². The van der Waals surface area contributed by atoms with Crippen molar-refractivity contribution in [2.24, 2.45) is 10.9 Å². The Morgan fingerprint density at radius 1 is 1.17 bits per heavy atom. The number of amides is 1. The van der Waals surface area contributed by atoms with Gasteiger partial charge in [-0.3, -0.25) is 9.79 Å². The molecule has 1 N–H and O–H groups in total. The Morgan fingerprint density at radius 3 is 2.80 bits per heavy atom. The van der Waals surface area contributed by atoms with Crippen molar-refractivity contribution in [1.82, 2.24) is 14.9 Å². The van der Waals surface area contributed by atoms with Gasteiger partial charge in [0.15, 0.2) is 11.6 Å². The maximum absolute atomic E-state index is 14.3. The number of carbonyl (C=O) groups excluding carboxylic acids is 1. The Balaban J connectivity index is 1.69. The Bertz CT molecular complexity index is 1310. The van der Waals surface area contributed by atoms with Crippen LogP contribution in [0.25, 0.3) is 16.6 Å². The summed E-state index contributed by atoms with van der Waals surface area (Å²) >= 11 is 0. The molecule has 30 heavy (non-hydrogen) atoms. The highest BCUT2D eigenvalue weighted by Crippen LogP contribution is 2.41. The van der Waals surface area contributed by atoms with Crippen molar-refractivity contribution in [1.29, 1.82) is 0 Å². The van der Waals surface area contributed by atoms with E-state index in [1.54, 1.807) is 25.5 Å². The summed E-state index contributed by atoms with van der Waals surface area (Å²) in [6.07, 6.45) is 5.15. The minimum absolute atomic E-state index is 0.110. The van der Waals surface area contributed by atoms with E-state index >= 15 is 0 Å². The first-order valence-electron chi connectivity index (χ1n) is 9.27. The molecule has 0 fully saturated rings. The fraction of sp³-hybridized carbons (Fsp3) is 0.136. The Kier molecular flexibility index (Phi) is 4.02. The van der Waals surface area contributed by atoms with Gasteiger partial charge in [-0.05, 0) is 30.7 Å². The molecule has 0 spiro atoms. The molecular formula is C22H16F2N4O2. The number of aromatic amines is 1. The zero-order valence-corrected chi connectivity index (χ0v) is 16.1. The molecule has 1 atom stereocenters. The van der Waals surface area contributed by atoms with Crippen molar-refractivity contribution in [2.75, 3.05) is 7.05 Å². The van der Waals surface area contributed by atoms with E-state index < -0.39 is 11.6 Å². The van der Waals surface area contributed by atoms with Crippen molar-refractivity contribution < 1.29 is 18.3 Å². The standard InChI is InChI=1S/C22H16F2N4O2/c1-11-26-17-8-14(15-10-28(2)22(29)21-13(15)5-6-25-21)20(9-18(17)27-11)30-19-4-3-12(23)7-16(19)24/h3-10,13H,1-2H3,(H,26,27). The molecule has 0 aliphatic carbocycles. The summed E-state index contributed by atoms with van der Waals surface area (Å²) < 4.78 is 33.5. The number of aliphatic imine (C=N–C) groups is 1. The molecule has 1 unspecified atom stereocenters. The highest BCUT2D eigenvalue weighted by Gasteiger charge is 2.35. The van der Waals surface area contributed by atoms with Crippen LogP contribution in [0.2, 0.25) is 0 Å². The van der Waals surface area contributed by atoms with Crippen molar-refractivity contribution in [3.8, 4) is 11.5 Å². The van der Waals surface area contributed by atoms with Gasteiger partial charge in [0.2, 0.25) is 0 Å². The lowest BCUT2D eigenvalue weighted by Crippen LogP contribution is -2.37. The van der Waals surface area contributed by atoms with Crippen LogP contribution in [0.15, 0.2) is 53.8 Å². The van der Waals surface area contributed by atoms with E-state index in [1.165, 1.54) is 11.0 Å². The van der Waals surface area contributed by atoms with E-state index in [9.17, 15) is 13.6 Å². The molecule has 150 valence electrons. The molecule has 2 aliphatic rings. The van der Waals surface area contributed by atoms with Crippen molar-refractivity contribution in [3.63, 3.8) is 0 Å². The largest absolute Gasteiger partial charge is 0.454 e. The normalized spacial score (nSPS) is 17.9. The molecule has 0 radical (unpaired) electrons. The van der Waals surface area contributed by atoms with Gasteiger partial charge < -0.3 is 14.6 Å². The number of nitrogens with one attached hydrogen (secondary N) is 1. The number of benzene rings is 2. The number of aromatic nitrogens is 2. The predicted octanol–water partition coefficient (Wildman–Crippen LogP) is 4.34. The Hall–Kier alpha value is -3.81. The van der Waals surface area contributed by atoms with Gasteiger partial charge in [-0.25, -0.2) is 13.8 Å². The molecule has 0 saturated heterocycles. The summed E-state index contributed by atoms with van der Waals surface area (Å²) in [5.74, 6) is -1.07. The second-order valence-corrected chi connectivity index (χ2v) is 7.20. The van der Waals surface area contributed by atoms with Crippen LogP contribution in [-0.4, -0.2) is 33.5 Å². The molecule has 3 aromatic rings. The molecule has 1 amide bonds. The lowest BCUT2D eigenvalue weighted by molar-refractivity contribution is -0.121. The van der Waals surface area contributed by atoms with Crippen LogP contribution in [0.5, 0.6) is 11.5 Å². The molecule has 8 heteroatoms. The minimum Gasteiger partial charge on any atom is -0.454 e. The lowest BCUT2D eigenvalue weighted by atomic mass is 9.86. The van der Waals surface area contributed by atoms with Gasteiger partial charge in [0, 0.05) is 37.1 Å². The van der Waals surface area contributed by atoms with Crippen LogP contribution < -0.4 is 4.74 Å². The van der Waals surface area contributed by atoms with Crippen molar-refractivity contribution >= 4 is 28.2 Å².